The van der Waals surface area contributed by atoms with Crippen LogP contribution < -0.4 is 9.47 Å². The van der Waals surface area contributed by atoms with Crippen molar-refractivity contribution in [3.05, 3.63) is 85.3 Å². The number of ether oxygens (including phenoxy) is 3. The molecule has 0 amide bonds. The maximum atomic E-state index is 13.1. The van der Waals surface area contributed by atoms with Gasteiger partial charge in [-0.15, -0.1) is 0 Å². The Morgan fingerprint density at radius 2 is 1.72 bits per heavy atom. The fourth-order valence-electron chi connectivity index (χ4n) is 3.04. The molecule has 0 fully saturated rings. The number of nitrogens with zero attached hydrogens (tertiary/aromatic N) is 1. The molecular formula is C26H22Br2ClNO6. The first-order valence-electron chi connectivity index (χ1n) is 10.7. The summed E-state index contributed by atoms with van der Waals surface area (Å²) in [6.07, 6.45) is 0.640. The van der Waals surface area contributed by atoms with Crippen molar-refractivity contribution in [2.24, 2.45) is 5.16 Å². The molecule has 7 nitrogen and oxygen atoms in total. The van der Waals surface area contributed by atoms with Crippen LogP contribution in [0, 0.1) is 0 Å². The van der Waals surface area contributed by atoms with E-state index in [-0.39, 0.29) is 12.4 Å². The van der Waals surface area contributed by atoms with Crippen molar-refractivity contribution in [2.45, 2.75) is 20.0 Å². The van der Waals surface area contributed by atoms with E-state index in [1.165, 1.54) is 13.3 Å². The summed E-state index contributed by atoms with van der Waals surface area (Å²) in [5.74, 6) is 0.624. The fourth-order valence-corrected chi connectivity index (χ4v) is 4.55. The molecule has 0 saturated carbocycles. The molecular weight excluding hydrogens is 618 g/mol. The van der Waals surface area contributed by atoms with Gasteiger partial charge in [-0.05, 0) is 106 Å². The van der Waals surface area contributed by atoms with Crippen molar-refractivity contribution in [3.63, 3.8) is 0 Å². The highest BCUT2D eigenvalue weighted by Gasteiger charge is 2.18. The average molecular weight is 640 g/mol. The molecule has 1 unspecified atom stereocenters. The van der Waals surface area contributed by atoms with Gasteiger partial charge < -0.3 is 19.0 Å². The number of carbonyl (C=O) groups is 2. The summed E-state index contributed by atoms with van der Waals surface area (Å²) in [5, 5.41) is 4.40. The number of halogens is 3. The van der Waals surface area contributed by atoms with E-state index in [4.69, 9.17) is 30.6 Å². The van der Waals surface area contributed by atoms with Crippen molar-refractivity contribution >= 4 is 61.4 Å². The summed E-state index contributed by atoms with van der Waals surface area (Å²) >= 11 is 13.0. The molecule has 3 aromatic rings. The molecule has 188 valence electrons. The number of carbonyl (C=O) groups excluding carboxylic acids is 2. The van der Waals surface area contributed by atoms with Gasteiger partial charge in [0.05, 0.1) is 34.4 Å². The topological polar surface area (TPSA) is 83.4 Å². The van der Waals surface area contributed by atoms with Crippen molar-refractivity contribution < 1.29 is 28.6 Å². The lowest BCUT2D eigenvalue weighted by atomic mass is 10.0. The Morgan fingerprint density at radius 1 is 1.06 bits per heavy atom. The van der Waals surface area contributed by atoms with Gasteiger partial charge in [0.25, 0.3) is 0 Å². The Kier molecular flexibility index (Phi) is 9.92. The Balaban J connectivity index is 1.80. The lowest BCUT2D eigenvalue weighted by Gasteiger charge is -2.14. The van der Waals surface area contributed by atoms with Crippen LogP contribution in [0.2, 0.25) is 5.02 Å². The number of hydrogen-bond donors (Lipinski definition) is 0. The van der Waals surface area contributed by atoms with Crippen LogP contribution in [-0.4, -0.2) is 37.8 Å². The summed E-state index contributed by atoms with van der Waals surface area (Å²) < 4.78 is 17.6. The maximum Gasteiger partial charge on any atom is 0.349 e. The molecule has 1 atom stereocenters. The van der Waals surface area contributed by atoms with Gasteiger partial charge in [0.1, 0.15) is 11.5 Å². The third kappa shape index (κ3) is 7.09. The van der Waals surface area contributed by atoms with Crippen molar-refractivity contribution in [2.75, 3.05) is 13.7 Å². The second-order valence-electron chi connectivity index (χ2n) is 7.35. The minimum Gasteiger partial charge on any atom is -0.496 e. The Morgan fingerprint density at radius 3 is 2.33 bits per heavy atom. The van der Waals surface area contributed by atoms with Crippen LogP contribution >= 0.6 is 43.5 Å². The molecule has 0 heterocycles. The highest BCUT2D eigenvalue weighted by Crippen LogP contribution is 2.39. The second-order valence-corrected chi connectivity index (χ2v) is 9.49. The molecule has 3 aromatic carbocycles. The molecule has 0 aromatic heterocycles. The van der Waals surface area contributed by atoms with Crippen LogP contribution in [0.15, 0.2) is 68.7 Å². The Hall–Kier alpha value is -2.88. The smallest absolute Gasteiger partial charge is 0.349 e. The van der Waals surface area contributed by atoms with Gasteiger partial charge in [-0.2, -0.15) is 0 Å². The van der Waals surface area contributed by atoms with Crippen LogP contribution in [0.25, 0.3) is 0 Å². The predicted octanol–water partition coefficient (Wildman–Crippen LogP) is 7.20. The largest absolute Gasteiger partial charge is 0.496 e. The lowest BCUT2D eigenvalue weighted by Crippen LogP contribution is -2.21. The number of methoxy groups -OCH3 is 1. The van der Waals surface area contributed by atoms with Crippen LogP contribution in [-0.2, 0) is 14.4 Å². The molecule has 3 rings (SSSR count). The number of rotatable bonds is 10. The van der Waals surface area contributed by atoms with Crippen LogP contribution in [0.4, 0.5) is 0 Å². The predicted molar refractivity (Wildman–Crippen MR) is 145 cm³/mol. The van der Waals surface area contributed by atoms with Gasteiger partial charge in [0, 0.05) is 10.6 Å². The first-order chi connectivity index (χ1) is 17.2. The third-order valence-electron chi connectivity index (χ3n) is 4.80. The standard InChI is InChI=1S/C26H22Br2ClNO6/c1-4-34-26(32)15(2)36-30-14-16-11-21(27)25(22(28)12-16)35-19-9-10-23(33-3)20(13-19)24(31)17-5-7-18(29)8-6-17/h5-15H,4H2,1-3H3/b30-14-. The lowest BCUT2D eigenvalue weighted by molar-refractivity contribution is -0.155. The highest BCUT2D eigenvalue weighted by atomic mass is 79.9. The van der Waals surface area contributed by atoms with E-state index in [1.807, 2.05) is 0 Å². The van der Waals surface area contributed by atoms with E-state index >= 15 is 0 Å². The zero-order valence-electron chi connectivity index (χ0n) is 19.6. The number of benzene rings is 3. The van der Waals surface area contributed by atoms with E-state index in [2.05, 4.69) is 37.0 Å². The molecule has 0 N–H and O–H groups in total. The van der Waals surface area contributed by atoms with Crippen molar-refractivity contribution in [1.29, 1.82) is 0 Å². The zero-order chi connectivity index (χ0) is 26.2. The van der Waals surface area contributed by atoms with Crippen molar-refractivity contribution in [1.82, 2.24) is 0 Å². The fraction of sp³-hybridized carbons (Fsp3) is 0.192. The van der Waals surface area contributed by atoms with Gasteiger partial charge in [0.15, 0.2) is 11.5 Å². The quantitative estimate of drug-likeness (QED) is 0.101. The molecule has 0 radical (unpaired) electrons. The maximum absolute atomic E-state index is 13.1. The molecule has 0 bridgehead atoms. The Bertz CT molecular complexity index is 1260. The van der Waals surface area contributed by atoms with E-state index in [9.17, 15) is 9.59 Å². The zero-order valence-corrected chi connectivity index (χ0v) is 23.5. The van der Waals surface area contributed by atoms with Crippen molar-refractivity contribution in [3.8, 4) is 17.2 Å². The molecule has 0 spiro atoms. The SMILES string of the molecule is CCOC(=O)C(C)O/N=C\c1cc(Br)c(Oc2ccc(OC)c(C(=O)c3ccc(Cl)cc3)c2)c(Br)c1. The Labute approximate surface area is 230 Å². The summed E-state index contributed by atoms with van der Waals surface area (Å²) in [6.45, 7) is 3.54. The van der Waals surface area contributed by atoms with E-state index in [0.717, 1.165) is 0 Å². The van der Waals surface area contributed by atoms with Gasteiger partial charge in [0.2, 0.25) is 6.10 Å². The molecule has 0 aliphatic rings. The van der Waals surface area contributed by atoms with E-state index in [0.29, 0.717) is 47.9 Å². The molecule has 10 heteroatoms. The van der Waals surface area contributed by atoms with Crippen LogP contribution in [0.1, 0.15) is 35.3 Å². The summed E-state index contributed by atoms with van der Waals surface area (Å²) in [5.41, 5.74) is 1.51. The number of ketones is 1. The summed E-state index contributed by atoms with van der Waals surface area (Å²) in [7, 11) is 1.50. The average Bonchev–Trinajstić information content (AvgIpc) is 2.86. The molecule has 36 heavy (non-hydrogen) atoms. The molecule has 0 aliphatic carbocycles. The number of hydrogen-bond acceptors (Lipinski definition) is 7. The molecule has 0 aliphatic heterocycles. The highest BCUT2D eigenvalue weighted by molar-refractivity contribution is 9.11. The first kappa shape index (κ1) is 27.7. The molecule has 0 saturated heterocycles. The number of oxime groups is 1. The monoisotopic (exact) mass is 637 g/mol. The third-order valence-corrected chi connectivity index (χ3v) is 6.23. The van der Waals surface area contributed by atoms with Gasteiger partial charge in [-0.1, -0.05) is 16.8 Å². The minimum absolute atomic E-state index is 0.226. The van der Waals surface area contributed by atoms with E-state index in [1.54, 1.807) is 68.4 Å². The van der Waals surface area contributed by atoms with Crippen LogP contribution in [0.5, 0.6) is 17.2 Å². The second kappa shape index (κ2) is 12.9. The number of esters is 1. The van der Waals surface area contributed by atoms with Gasteiger partial charge in [-0.25, -0.2) is 4.79 Å². The summed E-state index contributed by atoms with van der Waals surface area (Å²) in [4.78, 5) is 29.9. The normalized spacial score (nSPS) is 11.7. The first-order valence-corrected chi connectivity index (χ1v) is 12.7. The minimum atomic E-state index is -0.824. The van der Waals surface area contributed by atoms with E-state index < -0.39 is 12.1 Å². The van der Waals surface area contributed by atoms with Gasteiger partial charge >= 0.3 is 5.97 Å². The van der Waals surface area contributed by atoms with Crippen LogP contribution in [0.3, 0.4) is 0 Å². The van der Waals surface area contributed by atoms with Gasteiger partial charge in [-0.3, -0.25) is 4.79 Å². The summed E-state index contributed by atoms with van der Waals surface area (Å²) in [6, 6.07) is 15.2.